The van der Waals surface area contributed by atoms with Crippen molar-refractivity contribution in [1.82, 2.24) is 20.1 Å². The number of likely N-dealkylation sites (N-methyl/N-ethyl adjacent to an activating group) is 1. The number of carbonyl (C=O) groups excluding carboxylic acids is 2. The predicted octanol–water partition coefficient (Wildman–Crippen LogP) is 1.43. The lowest BCUT2D eigenvalue weighted by Crippen LogP contribution is -2.56. The summed E-state index contributed by atoms with van der Waals surface area (Å²) in [6.07, 6.45) is 3.99. The Labute approximate surface area is 139 Å². The van der Waals surface area contributed by atoms with Crippen LogP contribution < -0.4 is 5.32 Å². The molecule has 1 aromatic heterocycles. The Kier molecular flexibility index (Phi) is 2.83. The summed E-state index contributed by atoms with van der Waals surface area (Å²) in [5.74, 6) is 0.246. The third kappa shape index (κ3) is 1.80. The van der Waals surface area contributed by atoms with Crippen LogP contribution in [0.25, 0.3) is 10.9 Å². The van der Waals surface area contributed by atoms with Crippen molar-refractivity contribution >= 4 is 22.8 Å². The first-order chi connectivity index (χ1) is 11.6. The Balaban J connectivity index is 1.56. The minimum atomic E-state index is -0.242. The molecule has 2 aromatic rings. The van der Waals surface area contributed by atoms with Crippen LogP contribution in [0.5, 0.6) is 0 Å². The van der Waals surface area contributed by atoms with E-state index in [4.69, 9.17) is 0 Å². The highest BCUT2D eigenvalue weighted by atomic mass is 16.2. The second-order valence-corrected chi connectivity index (χ2v) is 7.21. The summed E-state index contributed by atoms with van der Waals surface area (Å²) >= 11 is 0. The Bertz CT molecular complexity index is 842. The molecule has 6 heteroatoms. The Hall–Kier alpha value is -2.34. The minimum absolute atomic E-state index is 0.0537. The maximum Gasteiger partial charge on any atom is 0.324 e. The lowest BCUT2D eigenvalue weighted by molar-refractivity contribution is -0.127. The van der Waals surface area contributed by atoms with Crippen LogP contribution >= 0.6 is 0 Å². The Morgan fingerprint density at radius 2 is 2.12 bits per heavy atom. The van der Waals surface area contributed by atoms with Gasteiger partial charge in [-0.1, -0.05) is 12.1 Å². The molecule has 3 heterocycles. The number of piperidine rings is 1. The second-order valence-electron chi connectivity index (χ2n) is 7.21. The van der Waals surface area contributed by atoms with Gasteiger partial charge in [0.05, 0.1) is 12.6 Å². The van der Waals surface area contributed by atoms with E-state index in [1.54, 1.807) is 0 Å². The summed E-state index contributed by atoms with van der Waals surface area (Å²) in [5, 5.41) is 3.99. The monoisotopic (exact) mass is 324 g/mol. The van der Waals surface area contributed by atoms with Gasteiger partial charge in [0, 0.05) is 35.6 Å². The third-order valence-corrected chi connectivity index (χ3v) is 5.95. The highest BCUT2D eigenvalue weighted by Crippen LogP contribution is 2.43. The SMILES string of the molecule is CN1C[C@H](N2C(=O)CNC2=O)CC2c3cccc4[nH]cc(c34)C[C@H]21. The smallest absolute Gasteiger partial charge is 0.324 e. The molecule has 0 radical (unpaired) electrons. The zero-order valence-electron chi connectivity index (χ0n) is 13.6. The molecule has 2 saturated heterocycles. The number of carbonyl (C=O) groups is 2. The first-order valence-electron chi connectivity index (χ1n) is 8.52. The van der Waals surface area contributed by atoms with Gasteiger partial charge in [0.1, 0.15) is 0 Å². The van der Waals surface area contributed by atoms with E-state index in [2.05, 4.69) is 46.6 Å². The molecule has 5 rings (SSSR count). The van der Waals surface area contributed by atoms with Crippen LogP contribution in [0.3, 0.4) is 0 Å². The fourth-order valence-corrected chi connectivity index (χ4v) is 4.90. The van der Waals surface area contributed by atoms with Gasteiger partial charge >= 0.3 is 6.03 Å². The second kappa shape index (κ2) is 4.83. The number of fused-ring (bicyclic) bond motifs is 2. The van der Waals surface area contributed by atoms with Crippen LogP contribution in [0.4, 0.5) is 4.79 Å². The number of hydrogen-bond donors (Lipinski definition) is 2. The Morgan fingerprint density at radius 3 is 2.92 bits per heavy atom. The van der Waals surface area contributed by atoms with Crippen LogP contribution in [0.15, 0.2) is 24.4 Å². The maximum absolute atomic E-state index is 12.1. The molecule has 3 atom stereocenters. The van der Waals surface area contributed by atoms with Crippen molar-refractivity contribution in [3.8, 4) is 0 Å². The van der Waals surface area contributed by atoms with Crippen molar-refractivity contribution in [2.75, 3.05) is 20.1 Å². The van der Waals surface area contributed by atoms with Crippen LogP contribution in [-0.4, -0.2) is 58.9 Å². The van der Waals surface area contributed by atoms with Crippen molar-refractivity contribution in [2.24, 2.45) is 0 Å². The number of nitrogens with one attached hydrogen (secondary N) is 2. The summed E-state index contributed by atoms with van der Waals surface area (Å²) in [4.78, 5) is 31.3. The van der Waals surface area contributed by atoms with E-state index in [0.717, 1.165) is 19.4 Å². The highest BCUT2D eigenvalue weighted by molar-refractivity contribution is 6.02. The molecule has 3 aliphatic rings. The molecule has 6 nitrogen and oxygen atoms in total. The summed E-state index contributed by atoms with van der Waals surface area (Å²) in [7, 11) is 2.11. The summed E-state index contributed by atoms with van der Waals surface area (Å²) in [6.45, 7) is 0.876. The zero-order chi connectivity index (χ0) is 16.4. The van der Waals surface area contributed by atoms with Crippen LogP contribution in [0.1, 0.15) is 23.5 Å². The van der Waals surface area contributed by atoms with Gasteiger partial charge in [-0.3, -0.25) is 9.69 Å². The zero-order valence-corrected chi connectivity index (χ0v) is 13.6. The van der Waals surface area contributed by atoms with E-state index in [0.29, 0.717) is 12.0 Å². The number of amides is 3. The topological polar surface area (TPSA) is 68.4 Å². The number of nitrogens with zero attached hydrogens (tertiary/aromatic N) is 2. The predicted molar refractivity (Wildman–Crippen MR) is 89.8 cm³/mol. The average molecular weight is 324 g/mol. The first-order valence-corrected chi connectivity index (χ1v) is 8.52. The number of aromatic nitrogens is 1. The third-order valence-electron chi connectivity index (χ3n) is 5.95. The molecule has 0 bridgehead atoms. The van der Waals surface area contributed by atoms with Gasteiger partial charge < -0.3 is 15.2 Å². The molecule has 1 unspecified atom stereocenters. The molecule has 24 heavy (non-hydrogen) atoms. The van der Waals surface area contributed by atoms with Crippen molar-refractivity contribution in [3.63, 3.8) is 0 Å². The summed E-state index contributed by atoms with van der Waals surface area (Å²) < 4.78 is 0. The molecule has 0 spiro atoms. The maximum atomic E-state index is 12.1. The number of aromatic amines is 1. The van der Waals surface area contributed by atoms with Gasteiger partial charge in [-0.15, -0.1) is 0 Å². The lowest BCUT2D eigenvalue weighted by Gasteiger charge is -2.47. The molecule has 3 amide bonds. The van der Waals surface area contributed by atoms with Crippen molar-refractivity contribution < 1.29 is 9.59 Å². The molecule has 2 N–H and O–H groups in total. The van der Waals surface area contributed by atoms with Crippen LogP contribution in [0, 0.1) is 0 Å². The number of imide groups is 1. The number of likely N-dealkylation sites (tertiary alicyclic amines) is 1. The lowest BCUT2D eigenvalue weighted by atomic mass is 9.74. The van der Waals surface area contributed by atoms with E-state index in [9.17, 15) is 9.59 Å². The molecule has 124 valence electrons. The van der Waals surface area contributed by atoms with Gasteiger partial charge in [-0.05, 0) is 37.1 Å². The standard InChI is InChI=1S/C18H20N4O2/c1-21-9-11(22-16(23)8-20-18(22)24)6-13-12-3-2-4-14-17(12)10(7-19-14)5-15(13)21/h2-4,7,11,13,15,19H,5-6,8-9H2,1H3,(H,20,24)/t11-,13?,15-/m1/s1. The fraction of sp³-hybridized carbons (Fsp3) is 0.444. The number of urea groups is 1. The van der Waals surface area contributed by atoms with Crippen LogP contribution in [-0.2, 0) is 11.2 Å². The van der Waals surface area contributed by atoms with Crippen LogP contribution in [0.2, 0.25) is 0 Å². The molecule has 1 aliphatic carbocycles. The van der Waals surface area contributed by atoms with E-state index < -0.39 is 0 Å². The van der Waals surface area contributed by atoms with E-state index in [-0.39, 0.29) is 24.5 Å². The van der Waals surface area contributed by atoms with E-state index >= 15 is 0 Å². The van der Waals surface area contributed by atoms with Crippen molar-refractivity contribution in [3.05, 3.63) is 35.5 Å². The molecule has 2 fully saturated rings. The normalized spacial score (nSPS) is 29.9. The summed E-state index contributed by atoms with van der Waals surface area (Å²) in [5.41, 5.74) is 3.91. The van der Waals surface area contributed by atoms with E-state index in [1.165, 1.54) is 26.9 Å². The van der Waals surface area contributed by atoms with Crippen molar-refractivity contribution in [2.45, 2.75) is 30.8 Å². The van der Waals surface area contributed by atoms with Gasteiger partial charge in [-0.25, -0.2) is 4.79 Å². The molecule has 1 aromatic carbocycles. The largest absolute Gasteiger partial charge is 0.361 e. The minimum Gasteiger partial charge on any atom is -0.361 e. The molecule has 0 saturated carbocycles. The number of hydrogen-bond acceptors (Lipinski definition) is 3. The van der Waals surface area contributed by atoms with E-state index in [1.807, 2.05) is 0 Å². The van der Waals surface area contributed by atoms with Gasteiger partial charge in [-0.2, -0.15) is 0 Å². The van der Waals surface area contributed by atoms with Gasteiger partial charge in [0.2, 0.25) is 5.91 Å². The first kappa shape index (κ1) is 14.0. The van der Waals surface area contributed by atoms with Crippen molar-refractivity contribution in [1.29, 1.82) is 0 Å². The fourth-order valence-electron chi connectivity index (χ4n) is 4.90. The molecule has 2 aliphatic heterocycles. The molecular formula is C18H20N4O2. The highest BCUT2D eigenvalue weighted by Gasteiger charge is 2.44. The van der Waals surface area contributed by atoms with Gasteiger partial charge in [0.15, 0.2) is 0 Å². The summed E-state index contributed by atoms with van der Waals surface area (Å²) in [6, 6.07) is 6.55. The number of H-pyrrole nitrogens is 1. The number of rotatable bonds is 1. The Morgan fingerprint density at radius 1 is 1.25 bits per heavy atom. The van der Waals surface area contributed by atoms with Gasteiger partial charge in [0.25, 0.3) is 0 Å². The average Bonchev–Trinajstić information content (AvgIpc) is 3.13. The quantitative estimate of drug-likeness (QED) is 0.780. The number of benzene rings is 1. The molecular weight excluding hydrogens is 304 g/mol.